The lowest BCUT2D eigenvalue weighted by atomic mass is 10.4. The number of allylic oxidation sites excluding steroid dienone is 3. The zero-order chi connectivity index (χ0) is 7.28. The molecule has 0 rings (SSSR count). The third-order valence-electron chi connectivity index (χ3n) is 0.666. The zero-order valence-electron chi connectivity index (χ0n) is 5.26. The molecular weight excluding hydrogens is 119 g/mol. The van der Waals surface area contributed by atoms with Crippen LogP contribution in [0.3, 0.4) is 0 Å². The molecule has 0 unspecified atom stereocenters. The van der Waals surface area contributed by atoms with Crippen molar-refractivity contribution in [3.8, 4) is 0 Å². The summed E-state index contributed by atoms with van der Waals surface area (Å²) in [6.45, 7) is 4.47. The molecule has 0 amide bonds. The summed E-state index contributed by atoms with van der Waals surface area (Å²) in [4.78, 5) is 3.34. The summed E-state index contributed by atoms with van der Waals surface area (Å²) in [5.74, 6) is -0.0893. The van der Waals surface area contributed by atoms with E-state index >= 15 is 0 Å². The highest BCUT2D eigenvalue weighted by Crippen LogP contribution is 1.94. The van der Waals surface area contributed by atoms with Crippen LogP contribution < -0.4 is 5.73 Å². The summed E-state index contributed by atoms with van der Waals surface area (Å²) >= 11 is 0. The molecule has 2 nitrogen and oxygen atoms in total. The smallest absolute Gasteiger partial charge is 0.122 e. The van der Waals surface area contributed by atoms with Gasteiger partial charge in [-0.15, -0.1) is 0 Å². The van der Waals surface area contributed by atoms with Crippen LogP contribution in [0.25, 0.3) is 0 Å². The standard InChI is InChI=1S/C6H9FN2/c1-5(7)3-4-6(8)9-2/h3-4H,2,8H2,1H3/b5-3+,6-4-. The van der Waals surface area contributed by atoms with E-state index in [-0.39, 0.29) is 11.6 Å². The largest absolute Gasteiger partial charge is 0.384 e. The Morgan fingerprint density at radius 1 is 1.67 bits per heavy atom. The van der Waals surface area contributed by atoms with Crippen LogP contribution in [0.4, 0.5) is 4.39 Å². The lowest BCUT2D eigenvalue weighted by molar-refractivity contribution is 0.640. The van der Waals surface area contributed by atoms with E-state index < -0.39 is 0 Å². The van der Waals surface area contributed by atoms with Gasteiger partial charge in [-0.05, 0) is 25.8 Å². The van der Waals surface area contributed by atoms with Crippen molar-refractivity contribution >= 4 is 6.72 Å². The molecule has 0 aromatic carbocycles. The Kier molecular flexibility index (Phi) is 3.35. The highest BCUT2D eigenvalue weighted by molar-refractivity contribution is 5.29. The normalized spacial score (nSPS) is 13.6. The van der Waals surface area contributed by atoms with E-state index in [1.807, 2.05) is 0 Å². The molecule has 2 N–H and O–H groups in total. The molecule has 0 aliphatic carbocycles. The number of nitrogens with two attached hydrogens (primary N) is 1. The van der Waals surface area contributed by atoms with E-state index in [4.69, 9.17) is 5.73 Å². The van der Waals surface area contributed by atoms with Crippen LogP contribution in [0.2, 0.25) is 0 Å². The van der Waals surface area contributed by atoms with E-state index in [2.05, 4.69) is 11.7 Å². The molecule has 0 spiro atoms. The molecule has 0 aromatic rings. The minimum atomic E-state index is -0.304. The van der Waals surface area contributed by atoms with E-state index in [9.17, 15) is 4.39 Å². The van der Waals surface area contributed by atoms with Gasteiger partial charge in [0, 0.05) is 0 Å². The number of halogens is 1. The first-order valence-electron chi connectivity index (χ1n) is 2.43. The lowest BCUT2D eigenvalue weighted by Crippen LogP contribution is -1.90. The maximum Gasteiger partial charge on any atom is 0.122 e. The molecule has 0 aromatic heterocycles. The van der Waals surface area contributed by atoms with Gasteiger partial charge in [-0.2, -0.15) is 0 Å². The first-order chi connectivity index (χ1) is 4.16. The predicted molar refractivity (Wildman–Crippen MR) is 36.7 cm³/mol. The molecule has 50 valence electrons. The summed E-state index contributed by atoms with van der Waals surface area (Å²) in [6, 6.07) is 0. The van der Waals surface area contributed by atoms with E-state index in [0.717, 1.165) is 0 Å². The Labute approximate surface area is 53.6 Å². The van der Waals surface area contributed by atoms with Crippen molar-refractivity contribution in [3.05, 3.63) is 23.8 Å². The van der Waals surface area contributed by atoms with Crippen molar-refractivity contribution in [2.45, 2.75) is 6.92 Å². The molecular formula is C6H9FN2. The van der Waals surface area contributed by atoms with Crippen molar-refractivity contribution in [2.75, 3.05) is 0 Å². The van der Waals surface area contributed by atoms with Gasteiger partial charge in [-0.3, -0.25) is 0 Å². The zero-order valence-corrected chi connectivity index (χ0v) is 5.26. The fourth-order valence-electron chi connectivity index (χ4n) is 0.253. The molecule has 3 heteroatoms. The van der Waals surface area contributed by atoms with Gasteiger partial charge < -0.3 is 5.73 Å². The van der Waals surface area contributed by atoms with Crippen molar-refractivity contribution in [2.24, 2.45) is 10.7 Å². The second kappa shape index (κ2) is 3.83. The highest BCUT2D eigenvalue weighted by Gasteiger charge is 1.78. The van der Waals surface area contributed by atoms with Gasteiger partial charge in [0.05, 0.1) is 5.83 Å². The summed E-state index contributed by atoms with van der Waals surface area (Å²) in [5.41, 5.74) is 5.14. The van der Waals surface area contributed by atoms with Crippen molar-refractivity contribution in [1.29, 1.82) is 0 Å². The monoisotopic (exact) mass is 128 g/mol. The van der Waals surface area contributed by atoms with Crippen LogP contribution in [0.5, 0.6) is 0 Å². The molecule has 0 fully saturated rings. The number of rotatable bonds is 2. The Morgan fingerprint density at radius 2 is 2.22 bits per heavy atom. The molecule has 0 atom stereocenters. The Morgan fingerprint density at radius 3 is 2.56 bits per heavy atom. The van der Waals surface area contributed by atoms with Gasteiger partial charge >= 0.3 is 0 Å². The first kappa shape index (κ1) is 7.88. The van der Waals surface area contributed by atoms with Crippen LogP contribution in [-0.4, -0.2) is 6.72 Å². The summed E-state index contributed by atoms with van der Waals surface area (Å²) in [6.07, 6.45) is 2.58. The molecule has 0 saturated carbocycles. The molecule has 0 bridgehead atoms. The molecule has 0 radical (unpaired) electrons. The van der Waals surface area contributed by atoms with Crippen LogP contribution in [0.1, 0.15) is 6.92 Å². The van der Waals surface area contributed by atoms with E-state index in [1.165, 1.54) is 19.1 Å². The molecule has 0 heterocycles. The van der Waals surface area contributed by atoms with Gasteiger partial charge in [-0.1, -0.05) is 0 Å². The molecule has 9 heavy (non-hydrogen) atoms. The first-order valence-corrected chi connectivity index (χ1v) is 2.43. The van der Waals surface area contributed by atoms with E-state index in [0.29, 0.717) is 0 Å². The van der Waals surface area contributed by atoms with Crippen LogP contribution in [0, 0.1) is 0 Å². The molecule has 0 aliphatic heterocycles. The minimum absolute atomic E-state index is 0.215. The Balaban J connectivity index is 3.98. The SMILES string of the molecule is C=N/C(N)=C\C=C(/C)F. The number of hydrogen-bond acceptors (Lipinski definition) is 2. The third kappa shape index (κ3) is 4.74. The number of nitrogens with zero attached hydrogens (tertiary/aromatic N) is 1. The number of hydrogen-bond donors (Lipinski definition) is 1. The van der Waals surface area contributed by atoms with Crippen LogP contribution >= 0.6 is 0 Å². The fraction of sp³-hybridized carbons (Fsp3) is 0.167. The number of aliphatic imine (C=N–C) groups is 1. The van der Waals surface area contributed by atoms with E-state index in [1.54, 1.807) is 0 Å². The second-order valence-corrected chi connectivity index (χ2v) is 1.50. The topological polar surface area (TPSA) is 38.4 Å². The summed E-state index contributed by atoms with van der Waals surface area (Å²) in [5, 5.41) is 0. The Hall–Kier alpha value is -1.12. The molecule has 0 aliphatic rings. The van der Waals surface area contributed by atoms with Gasteiger partial charge in [0.2, 0.25) is 0 Å². The second-order valence-electron chi connectivity index (χ2n) is 1.50. The van der Waals surface area contributed by atoms with Gasteiger partial charge in [-0.25, -0.2) is 9.38 Å². The van der Waals surface area contributed by atoms with Crippen molar-refractivity contribution in [3.63, 3.8) is 0 Å². The van der Waals surface area contributed by atoms with Crippen molar-refractivity contribution in [1.82, 2.24) is 0 Å². The maximum atomic E-state index is 11.9. The third-order valence-corrected chi connectivity index (χ3v) is 0.666. The average molecular weight is 128 g/mol. The highest BCUT2D eigenvalue weighted by atomic mass is 19.1. The van der Waals surface area contributed by atoms with Crippen LogP contribution in [-0.2, 0) is 0 Å². The minimum Gasteiger partial charge on any atom is -0.384 e. The predicted octanol–water partition coefficient (Wildman–Crippen LogP) is 1.36. The fourth-order valence-corrected chi connectivity index (χ4v) is 0.253. The summed E-state index contributed by atoms with van der Waals surface area (Å²) < 4.78 is 11.9. The molecule has 0 saturated heterocycles. The van der Waals surface area contributed by atoms with Gasteiger partial charge in [0.15, 0.2) is 0 Å². The van der Waals surface area contributed by atoms with Crippen LogP contribution in [0.15, 0.2) is 28.8 Å². The summed E-state index contributed by atoms with van der Waals surface area (Å²) in [7, 11) is 0. The average Bonchev–Trinajstić information content (AvgIpc) is 1.83. The van der Waals surface area contributed by atoms with Gasteiger partial charge in [0.1, 0.15) is 5.82 Å². The Bertz CT molecular complexity index is 154. The lowest BCUT2D eigenvalue weighted by Gasteiger charge is -1.84. The maximum absolute atomic E-state index is 11.9. The van der Waals surface area contributed by atoms with Gasteiger partial charge in [0.25, 0.3) is 0 Å². The quantitative estimate of drug-likeness (QED) is 0.442. The van der Waals surface area contributed by atoms with Crippen molar-refractivity contribution < 1.29 is 4.39 Å².